The Morgan fingerprint density at radius 3 is 2.63 bits per heavy atom. The van der Waals surface area contributed by atoms with Crippen LogP contribution in [0.15, 0.2) is 18.2 Å². The van der Waals surface area contributed by atoms with Gasteiger partial charge in [0.25, 0.3) is 0 Å². The number of nitrogens with one attached hydrogen (secondary N) is 1. The Morgan fingerprint density at radius 1 is 1.26 bits per heavy atom. The van der Waals surface area contributed by atoms with Crippen molar-refractivity contribution in [2.75, 3.05) is 18.5 Å². The Bertz CT molecular complexity index is 379. The molecule has 0 saturated heterocycles. The van der Waals surface area contributed by atoms with E-state index in [4.69, 9.17) is 0 Å². The van der Waals surface area contributed by atoms with Crippen LogP contribution in [-0.2, 0) is 6.54 Å². The Hall–Kier alpha value is -1.09. The zero-order valence-electron chi connectivity index (χ0n) is 12.7. The minimum atomic E-state index is -0.124. The molecule has 108 valence electrons. The van der Waals surface area contributed by atoms with E-state index >= 15 is 0 Å². The van der Waals surface area contributed by atoms with Crippen LogP contribution in [-0.4, -0.2) is 19.6 Å². The number of halogens is 1. The van der Waals surface area contributed by atoms with E-state index in [0.717, 1.165) is 43.6 Å². The second-order valence-corrected chi connectivity index (χ2v) is 5.17. The molecule has 0 aliphatic carbocycles. The lowest BCUT2D eigenvalue weighted by atomic mass is 10.1. The first-order valence-corrected chi connectivity index (χ1v) is 7.32. The predicted octanol–water partition coefficient (Wildman–Crippen LogP) is 3.95. The molecule has 0 amide bonds. The number of rotatable bonds is 8. The third kappa shape index (κ3) is 4.50. The molecule has 1 rings (SSSR count). The van der Waals surface area contributed by atoms with Gasteiger partial charge in [0.05, 0.1) is 5.69 Å². The van der Waals surface area contributed by atoms with Gasteiger partial charge >= 0.3 is 0 Å². The number of para-hydroxylation sites is 1. The third-order valence-corrected chi connectivity index (χ3v) is 3.53. The number of hydrogen-bond acceptors (Lipinski definition) is 2. The van der Waals surface area contributed by atoms with Crippen LogP contribution in [0.4, 0.5) is 10.1 Å². The van der Waals surface area contributed by atoms with Gasteiger partial charge in [0.2, 0.25) is 0 Å². The van der Waals surface area contributed by atoms with Gasteiger partial charge in [-0.25, -0.2) is 4.39 Å². The first-order chi connectivity index (χ1) is 9.11. The molecular formula is C16H27FN2. The number of nitrogens with zero attached hydrogens (tertiary/aromatic N) is 1. The van der Waals surface area contributed by atoms with Crippen molar-refractivity contribution in [2.45, 2.75) is 52.6 Å². The molecule has 0 saturated carbocycles. The van der Waals surface area contributed by atoms with Crippen molar-refractivity contribution < 1.29 is 4.39 Å². The van der Waals surface area contributed by atoms with Gasteiger partial charge in [0, 0.05) is 19.6 Å². The quantitative estimate of drug-likeness (QED) is 0.717. The molecule has 2 nitrogen and oxygen atoms in total. The molecule has 1 aromatic rings. The molecule has 0 fully saturated rings. The fourth-order valence-electron chi connectivity index (χ4n) is 2.33. The van der Waals surface area contributed by atoms with Gasteiger partial charge in [0.1, 0.15) is 5.82 Å². The molecule has 1 aromatic carbocycles. The first kappa shape index (κ1) is 16.0. The summed E-state index contributed by atoms with van der Waals surface area (Å²) in [6.07, 6.45) is 3.28. The van der Waals surface area contributed by atoms with E-state index in [-0.39, 0.29) is 5.82 Å². The van der Waals surface area contributed by atoms with Crippen LogP contribution < -0.4 is 10.2 Å². The van der Waals surface area contributed by atoms with E-state index in [9.17, 15) is 4.39 Å². The zero-order valence-corrected chi connectivity index (χ0v) is 12.7. The molecule has 0 aliphatic rings. The minimum absolute atomic E-state index is 0.124. The highest BCUT2D eigenvalue weighted by Crippen LogP contribution is 2.26. The average molecular weight is 266 g/mol. The number of hydrogen-bond donors (Lipinski definition) is 1. The maximum absolute atomic E-state index is 14.1. The van der Waals surface area contributed by atoms with E-state index in [1.807, 2.05) is 13.1 Å². The van der Waals surface area contributed by atoms with Gasteiger partial charge < -0.3 is 10.2 Å². The van der Waals surface area contributed by atoms with E-state index < -0.39 is 0 Å². The van der Waals surface area contributed by atoms with Crippen LogP contribution in [0.5, 0.6) is 0 Å². The van der Waals surface area contributed by atoms with Gasteiger partial charge in [-0.2, -0.15) is 0 Å². The Kier molecular flexibility index (Phi) is 6.85. The summed E-state index contributed by atoms with van der Waals surface area (Å²) in [5.74, 6) is -0.124. The first-order valence-electron chi connectivity index (χ1n) is 7.32. The Labute approximate surface area is 117 Å². The SMILES string of the molecule is CCCNCc1cccc(F)c1N(C)C(C)CCC. The summed E-state index contributed by atoms with van der Waals surface area (Å²) in [6.45, 7) is 8.14. The van der Waals surface area contributed by atoms with Gasteiger partial charge in [-0.3, -0.25) is 0 Å². The molecule has 0 aliphatic heterocycles. The predicted molar refractivity (Wildman–Crippen MR) is 81.2 cm³/mol. The molecular weight excluding hydrogens is 239 g/mol. The summed E-state index contributed by atoms with van der Waals surface area (Å²) in [5, 5.41) is 3.35. The van der Waals surface area contributed by atoms with Crippen molar-refractivity contribution in [3.05, 3.63) is 29.6 Å². The lowest BCUT2D eigenvalue weighted by Gasteiger charge is -2.29. The highest BCUT2D eigenvalue weighted by molar-refractivity contribution is 5.55. The highest BCUT2D eigenvalue weighted by Gasteiger charge is 2.16. The lowest BCUT2D eigenvalue weighted by Crippen LogP contribution is -2.31. The lowest BCUT2D eigenvalue weighted by molar-refractivity contribution is 0.575. The zero-order chi connectivity index (χ0) is 14.3. The van der Waals surface area contributed by atoms with E-state index in [1.54, 1.807) is 12.1 Å². The average Bonchev–Trinajstić information content (AvgIpc) is 2.39. The molecule has 0 bridgehead atoms. The number of anilines is 1. The van der Waals surface area contributed by atoms with Crippen LogP contribution in [0.2, 0.25) is 0 Å². The topological polar surface area (TPSA) is 15.3 Å². The molecule has 1 N–H and O–H groups in total. The monoisotopic (exact) mass is 266 g/mol. The van der Waals surface area contributed by atoms with Crippen molar-refractivity contribution in [3.8, 4) is 0 Å². The van der Waals surface area contributed by atoms with Crippen LogP contribution in [0.3, 0.4) is 0 Å². The van der Waals surface area contributed by atoms with Gasteiger partial charge in [0.15, 0.2) is 0 Å². The minimum Gasteiger partial charge on any atom is -0.369 e. The van der Waals surface area contributed by atoms with Crippen molar-refractivity contribution in [2.24, 2.45) is 0 Å². The molecule has 1 unspecified atom stereocenters. The third-order valence-electron chi connectivity index (χ3n) is 3.53. The van der Waals surface area contributed by atoms with Crippen LogP contribution in [0.25, 0.3) is 0 Å². The van der Waals surface area contributed by atoms with E-state index in [2.05, 4.69) is 31.0 Å². The summed E-state index contributed by atoms with van der Waals surface area (Å²) in [5.41, 5.74) is 1.78. The fourth-order valence-corrected chi connectivity index (χ4v) is 2.33. The number of benzene rings is 1. The van der Waals surface area contributed by atoms with Gasteiger partial charge in [-0.1, -0.05) is 32.4 Å². The molecule has 19 heavy (non-hydrogen) atoms. The van der Waals surface area contributed by atoms with Crippen molar-refractivity contribution in [3.63, 3.8) is 0 Å². The summed E-state index contributed by atoms with van der Waals surface area (Å²) < 4.78 is 14.1. The molecule has 0 spiro atoms. The van der Waals surface area contributed by atoms with E-state index in [1.165, 1.54) is 0 Å². The maximum atomic E-state index is 14.1. The summed E-state index contributed by atoms with van der Waals surface area (Å²) in [6, 6.07) is 5.70. The van der Waals surface area contributed by atoms with E-state index in [0.29, 0.717) is 6.04 Å². The largest absolute Gasteiger partial charge is 0.369 e. The van der Waals surface area contributed by atoms with Crippen LogP contribution in [0.1, 0.15) is 45.6 Å². The molecule has 1 atom stereocenters. The summed E-state index contributed by atoms with van der Waals surface area (Å²) >= 11 is 0. The maximum Gasteiger partial charge on any atom is 0.146 e. The van der Waals surface area contributed by atoms with Crippen molar-refractivity contribution >= 4 is 5.69 Å². The molecule has 0 aromatic heterocycles. The van der Waals surface area contributed by atoms with Crippen molar-refractivity contribution in [1.82, 2.24) is 5.32 Å². The molecule has 0 radical (unpaired) electrons. The smallest absolute Gasteiger partial charge is 0.146 e. The second-order valence-electron chi connectivity index (χ2n) is 5.17. The Morgan fingerprint density at radius 2 is 2.00 bits per heavy atom. The van der Waals surface area contributed by atoms with Crippen LogP contribution >= 0.6 is 0 Å². The normalized spacial score (nSPS) is 12.5. The van der Waals surface area contributed by atoms with Gasteiger partial charge in [-0.05, 0) is 37.9 Å². The molecule has 0 heterocycles. The Balaban J connectivity index is 2.90. The highest BCUT2D eigenvalue weighted by atomic mass is 19.1. The summed E-state index contributed by atoms with van der Waals surface area (Å²) in [7, 11) is 1.99. The van der Waals surface area contributed by atoms with Crippen LogP contribution in [0, 0.1) is 5.82 Å². The fraction of sp³-hybridized carbons (Fsp3) is 0.625. The standard InChI is InChI=1S/C16H27FN2/c1-5-8-13(3)19(4)16-14(12-18-11-6-2)9-7-10-15(16)17/h7,9-10,13,18H,5-6,8,11-12H2,1-4H3. The summed E-state index contributed by atoms with van der Waals surface area (Å²) in [4.78, 5) is 2.07. The second kappa shape index (κ2) is 8.16. The van der Waals surface area contributed by atoms with Crippen molar-refractivity contribution in [1.29, 1.82) is 0 Å². The molecule has 3 heteroatoms. The van der Waals surface area contributed by atoms with Gasteiger partial charge in [-0.15, -0.1) is 0 Å².